The molecule has 0 aliphatic heterocycles. The molecule has 212 valence electrons. The van der Waals surface area contributed by atoms with E-state index in [-0.39, 0.29) is 5.91 Å². The van der Waals surface area contributed by atoms with Crippen molar-refractivity contribution in [1.82, 2.24) is 9.99 Å². The van der Waals surface area contributed by atoms with Gasteiger partial charge >= 0.3 is 6.03 Å². The maximum atomic E-state index is 13.7. The molecule has 3 amide bonds. The largest absolute Gasteiger partial charge is 0.492 e. The highest BCUT2D eigenvalue weighted by Crippen LogP contribution is 2.39. The fraction of sp³-hybridized carbons (Fsp3) is 0.281. The van der Waals surface area contributed by atoms with Gasteiger partial charge in [-0.25, -0.2) is 10.2 Å². The summed E-state index contributed by atoms with van der Waals surface area (Å²) < 4.78 is 7.70. The molecule has 0 fully saturated rings. The van der Waals surface area contributed by atoms with E-state index >= 15 is 0 Å². The second-order valence-electron chi connectivity index (χ2n) is 10.1. The topological polar surface area (TPSA) is 96.8 Å². The first-order chi connectivity index (χ1) is 19.9. The van der Waals surface area contributed by atoms with Gasteiger partial charge in [-0.1, -0.05) is 29.8 Å². The van der Waals surface area contributed by atoms with Crippen LogP contribution in [-0.2, 0) is 12.8 Å². The molecule has 0 bridgehead atoms. The number of urea groups is 1. The quantitative estimate of drug-likeness (QED) is 0.155. The smallest absolute Gasteiger partial charge is 0.339 e. The van der Waals surface area contributed by atoms with E-state index in [9.17, 15) is 9.59 Å². The van der Waals surface area contributed by atoms with E-state index in [1.165, 1.54) is 4.88 Å². The van der Waals surface area contributed by atoms with E-state index < -0.39 is 6.03 Å². The maximum Gasteiger partial charge on any atom is 0.339 e. The van der Waals surface area contributed by atoms with Gasteiger partial charge in [-0.3, -0.25) is 4.79 Å². The summed E-state index contributed by atoms with van der Waals surface area (Å²) >= 11 is 1.70. The van der Waals surface area contributed by atoms with Crippen LogP contribution in [0.2, 0.25) is 0 Å². The number of nitrogens with one attached hydrogen (secondary N) is 3. The number of hydrogen-bond acceptors (Lipinski definition) is 5. The molecule has 2 aromatic heterocycles. The van der Waals surface area contributed by atoms with E-state index in [1.807, 2.05) is 70.2 Å². The number of ether oxygens (including phenoxy) is 1. The molecule has 41 heavy (non-hydrogen) atoms. The van der Waals surface area contributed by atoms with E-state index in [1.54, 1.807) is 29.7 Å². The molecule has 0 spiro atoms. The highest BCUT2D eigenvalue weighted by molar-refractivity contribution is 7.15. The van der Waals surface area contributed by atoms with Crippen LogP contribution in [0.5, 0.6) is 5.75 Å². The summed E-state index contributed by atoms with van der Waals surface area (Å²) in [7, 11) is 0. The number of fused-ring (bicyclic) bond motifs is 1. The monoisotopic (exact) mass is 569 g/mol. The number of aromatic nitrogens is 1. The normalized spacial score (nSPS) is 12.7. The number of thiophene rings is 1. The number of carbonyl (C=O) groups excluding carboxylic acids is 2. The van der Waals surface area contributed by atoms with Gasteiger partial charge in [0.15, 0.2) is 0 Å². The molecule has 2 heterocycles. The zero-order valence-electron chi connectivity index (χ0n) is 23.8. The van der Waals surface area contributed by atoms with E-state index in [2.05, 4.69) is 25.7 Å². The number of hydrazone groups is 1. The second-order valence-corrected chi connectivity index (χ2v) is 11.2. The molecule has 0 saturated heterocycles. The summed E-state index contributed by atoms with van der Waals surface area (Å²) in [6.07, 6.45) is 5.74. The third kappa shape index (κ3) is 6.20. The van der Waals surface area contributed by atoms with E-state index in [4.69, 9.17) is 4.74 Å². The van der Waals surface area contributed by atoms with Crippen LogP contribution in [-0.4, -0.2) is 29.3 Å². The number of nitrogens with zero attached hydrogens (tertiary/aromatic N) is 2. The van der Waals surface area contributed by atoms with Crippen LogP contribution in [0.1, 0.15) is 63.1 Å². The first kappa shape index (κ1) is 28.2. The maximum absolute atomic E-state index is 13.7. The average molecular weight is 570 g/mol. The number of aryl methyl sites for hydroxylation is 3. The van der Waals surface area contributed by atoms with Gasteiger partial charge in [-0.2, -0.15) is 5.10 Å². The molecule has 0 radical (unpaired) electrons. The molecule has 8 nitrogen and oxygen atoms in total. The highest BCUT2D eigenvalue weighted by atomic mass is 32.1. The molecule has 1 aliphatic carbocycles. The molecule has 2 aromatic carbocycles. The molecular weight excluding hydrogens is 534 g/mol. The Morgan fingerprint density at radius 1 is 1.02 bits per heavy atom. The van der Waals surface area contributed by atoms with Crippen molar-refractivity contribution in [1.29, 1.82) is 0 Å². The zero-order chi connectivity index (χ0) is 28.9. The molecule has 0 saturated carbocycles. The first-order valence-corrected chi connectivity index (χ1v) is 14.7. The van der Waals surface area contributed by atoms with Crippen molar-refractivity contribution in [2.45, 2.75) is 53.4 Å². The highest BCUT2D eigenvalue weighted by Gasteiger charge is 2.28. The Bertz CT molecular complexity index is 1600. The average Bonchev–Trinajstić information content (AvgIpc) is 3.47. The van der Waals surface area contributed by atoms with Crippen LogP contribution >= 0.6 is 11.3 Å². The van der Waals surface area contributed by atoms with Gasteiger partial charge in [-0.15, -0.1) is 11.3 Å². The fourth-order valence-electron chi connectivity index (χ4n) is 5.17. The lowest BCUT2D eigenvalue weighted by atomic mass is 9.95. The van der Waals surface area contributed by atoms with Crippen molar-refractivity contribution in [2.24, 2.45) is 5.10 Å². The SMILES string of the molecule is CCOc1ccccc1NC(=O)N/N=C/c1cc(C)n(-c2sc3c(c2C(=O)Nc2ccc(C)cc2)CCCC3)c1C. The Morgan fingerprint density at radius 3 is 2.56 bits per heavy atom. The molecule has 3 N–H and O–H groups in total. The number of para-hydroxylation sites is 2. The third-order valence-electron chi connectivity index (χ3n) is 7.17. The van der Waals surface area contributed by atoms with Gasteiger partial charge < -0.3 is 19.9 Å². The Balaban J connectivity index is 1.38. The number of hydrogen-bond donors (Lipinski definition) is 3. The summed E-state index contributed by atoms with van der Waals surface area (Å²) in [5.74, 6) is 0.509. The van der Waals surface area contributed by atoms with Gasteiger partial charge in [0, 0.05) is 27.5 Å². The van der Waals surface area contributed by atoms with Crippen molar-refractivity contribution in [3.63, 3.8) is 0 Å². The summed E-state index contributed by atoms with van der Waals surface area (Å²) in [6.45, 7) is 8.45. The van der Waals surface area contributed by atoms with Crippen LogP contribution in [0.3, 0.4) is 0 Å². The lowest BCUT2D eigenvalue weighted by Crippen LogP contribution is -2.24. The standard InChI is InChI=1S/C32H35N5O3S/c1-5-40-27-12-8-7-11-26(27)35-32(39)36-33-19-23-18-21(3)37(22(23)4)31-29(25-10-6-9-13-28(25)41-31)30(38)34-24-16-14-20(2)15-17-24/h7-8,11-12,14-19H,5-6,9-10,13H2,1-4H3,(H,34,38)(H2,35,36,39)/b33-19+. The van der Waals surface area contributed by atoms with Crippen molar-refractivity contribution >= 4 is 40.9 Å². The second kappa shape index (κ2) is 12.4. The third-order valence-corrected chi connectivity index (χ3v) is 8.44. The number of amides is 3. The van der Waals surface area contributed by atoms with Crippen LogP contribution in [0.15, 0.2) is 59.7 Å². The molecular formula is C32H35N5O3S. The molecule has 0 unspecified atom stereocenters. The predicted molar refractivity (Wildman–Crippen MR) is 166 cm³/mol. The van der Waals surface area contributed by atoms with Crippen LogP contribution < -0.4 is 20.8 Å². The van der Waals surface area contributed by atoms with Gasteiger partial charge in [0.1, 0.15) is 10.8 Å². The molecule has 1 aliphatic rings. The summed E-state index contributed by atoms with van der Waals surface area (Å²) in [5.41, 5.74) is 9.73. The Hall–Kier alpha value is -4.37. The summed E-state index contributed by atoms with van der Waals surface area (Å²) in [4.78, 5) is 27.5. The van der Waals surface area contributed by atoms with Crippen molar-refractivity contribution in [2.75, 3.05) is 17.2 Å². The Labute approximate surface area is 244 Å². The minimum absolute atomic E-state index is 0.0864. The number of anilines is 2. The van der Waals surface area contributed by atoms with Crippen LogP contribution in [0.25, 0.3) is 5.00 Å². The lowest BCUT2D eigenvalue weighted by molar-refractivity contribution is 0.102. The van der Waals surface area contributed by atoms with Crippen LogP contribution in [0, 0.1) is 20.8 Å². The number of benzene rings is 2. The summed E-state index contributed by atoms with van der Waals surface area (Å²) in [6, 6.07) is 16.7. The first-order valence-electron chi connectivity index (χ1n) is 13.9. The van der Waals surface area contributed by atoms with E-state index in [0.29, 0.717) is 18.0 Å². The molecule has 4 aromatic rings. The predicted octanol–water partition coefficient (Wildman–Crippen LogP) is 7.15. The van der Waals surface area contributed by atoms with Gasteiger partial charge in [0.05, 0.1) is 24.1 Å². The van der Waals surface area contributed by atoms with Crippen LogP contribution in [0.4, 0.5) is 16.2 Å². The minimum atomic E-state index is -0.469. The van der Waals surface area contributed by atoms with Gasteiger partial charge in [0.2, 0.25) is 0 Å². The number of carbonyl (C=O) groups is 2. The van der Waals surface area contributed by atoms with Crippen molar-refractivity contribution < 1.29 is 14.3 Å². The Kier molecular flexibility index (Phi) is 8.54. The van der Waals surface area contributed by atoms with Gasteiger partial charge in [-0.05, 0) is 89.3 Å². The van der Waals surface area contributed by atoms with Crippen molar-refractivity contribution in [3.8, 4) is 10.8 Å². The molecule has 9 heteroatoms. The summed E-state index contributed by atoms with van der Waals surface area (Å²) in [5, 5.41) is 11.0. The van der Waals surface area contributed by atoms with Gasteiger partial charge in [0.25, 0.3) is 5.91 Å². The minimum Gasteiger partial charge on any atom is -0.492 e. The Morgan fingerprint density at radius 2 is 1.78 bits per heavy atom. The van der Waals surface area contributed by atoms with Crippen molar-refractivity contribution in [3.05, 3.63) is 93.1 Å². The number of rotatable bonds is 8. The molecule has 5 rings (SSSR count). The molecule has 0 atom stereocenters. The zero-order valence-corrected chi connectivity index (χ0v) is 24.7. The lowest BCUT2D eigenvalue weighted by Gasteiger charge is -2.14. The fourth-order valence-corrected chi connectivity index (χ4v) is 6.66. The van der Waals surface area contributed by atoms with E-state index in [0.717, 1.165) is 70.0 Å².